The summed E-state index contributed by atoms with van der Waals surface area (Å²) in [6.07, 6.45) is 5.12. The number of nitrogens with one attached hydrogen (secondary N) is 1. The summed E-state index contributed by atoms with van der Waals surface area (Å²) in [6.45, 7) is 3.11. The van der Waals surface area contributed by atoms with Crippen LogP contribution in [0, 0.1) is 5.92 Å². The van der Waals surface area contributed by atoms with Crippen molar-refractivity contribution >= 4 is 0 Å². The molecule has 1 rings (SSSR count). The molecule has 3 nitrogen and oxygen atoms in total. The summed E-state index contributed by atoms with van der Waals surface area (Å²) in [6, 6.07) is 6.63. The molecule has 0 amide bonds. The van der Waals surface area contributed by atoms with Crippen LogP contribution in [-0.2, 0) is 11.2 Å². The lowest BCUT2D eigenvalue weighted by molar-refractivity contribution is 0.170. The minimum atomic E-state index is 0.534. The predicted molar refractivity (Wildman–Crippen MR) is 71.1 cm³/mol. The molecule has 0 saturated carbocycles. The molecule has 2 unspecified atom stereocenters. The van der Waals surface area contributed by atoms with Crippen molar-refractivity contribution in [1.82, 2.24) is 10.3 Å². The number of rotatable bonds is 8. The van der Waals surface area contributed by atoms with Crippen LogP contribution in [0.1, 0.15) is 25.5 Å². The van der Waals surface area contributed by atoms with E-state index in [9.17, 15) is 0 Å². The van der Waals surface area contributed by atoms with E-state index in [1.807, 2.05) is 25.4 Å². The maximum absolute atomic E-state index is 5.13. The summed E-state index contributed by atoms with van der Waals surface area (Å²) in [5.41, 5.74) is 1.17. The lowest BCUT2D eigenvalue weighted by atomic mass is 9.94. The summed E-state index contributed by atoms with van der Waals surface area (Å²) in [5, 5.41) is 3.40. The van der Waals surface area contributed by atoms with Gasteiger partial charge in [-0.2, -0.15) is 0 Å². The average Bonchev–Trinajstić information content (AvgIpc) is 2.38. The molecule has 2 atom stereocenters. The van der Waals surface area contributed by atoms with Crippen molar-refractivity contribution in [3.05, 3.63) is 30.1 Å². The van der Waals surface area contributed by atoms with Crippen LogP contribution >= 0.6 is 0 Å². The van der Waals surface area contributed by atoms with Crippen molar-refractivity contribution in [2.24, 2.45) is 5.92 Å². The first kappa shape index (κ1) is 14.1. The van der Waals surface area contributed by atoms with E-state index in [2.05, 4.69) is 23.3 Å². The SMILES string of the molecule is CNC(CCc1ccccn1)C(C)CCOC. The van der Waals surface area contributed by atoms with Crippen LogP contribution in [0.5, 0.6) is 0 Å². The third-order valence-electron chi connectivity index (χ3n) is 3.27. The van der Waals surface area contributed by atoms with Gasteiger partial charge in [-0.15, -0.1) is 0 Å². The Kier molecular flexibility index (Phi) is 6.82. The van der Waals surface area contributed by atoms with Gasteiger partial charge in [0.25, 0.3) is 0 Å². The van der Waals surface area contributed by atoms with Crippen molar-refractivity contribution in [2.75, 3.05) is 20.8 Å². The highest BCUT2D eigenvalue weighted by molar-refractivity contribution is 5.03. The number of hydrogen-bond acceptors (Lipinski definition) is 3. The Labute approximate surface area is 105 Å². The number of hydrogen-bond donors (Lipinski definition) is 1. The van der Waals surface area contributed by atoms with Gasteiger partial charge in [-0.1, -0.05) is 13.0 Å². The van der Waals surface area contributed by atoms with Gasteiger partial charge >= 0.3 is 0 Å². The summed E-state index contributed by atoms with van der Waals surface area (Å²) in [4.78, 5) is 4.35. The van der Waals surface area contributed by atoms with Crippen LogP contribution in [0.3, 0.4) is 0 Å². The number of nitrogens with zero attached hydrogens (tertiary/aromatic N) is 1. The molecule has 0 aromatic carbocycles. The maximum atomic E-state index is 5.13. The standard InChI is InChI=1S/C14H24N2O/c1-12(9-11-17-3)14(15-2)8-7-13-6-4-5-10-16-13/h4-6,10,12,14-15H,7-9,11H2,1-3H3. The topological polar surface area (TPSA) is 34.2 Å². The predicted octanol–water partition coefficient (Wildman–Crippen LogP) is 2.27. The van der Waals surface area contributed by atoms with Gasteiger partial charge in [0.1, 0.15) is 0 Å². The molecule has 0 radical (unpaired) electrons. The van der Waals surface area contributed by atoms with E-state index in [4.69, 9.17) is 4.74 Å². The molecule has 0 bridgehead atoms. The summed E-state index contributed by atoms with van der Waals surface area (Å²) in [5.74, 6) is 0.628. The molecule has 0 aliphatic carbocycles. The molecule has 1 heterocycles. The second-order valence-electron chi connectivity index (χ2n) is 4.51. The quantitative estimate of drug-likeness (QED) is 0.752. The average molecular weight is 236 g/mol. The van der Waals surface area contributed by atoms with Crippen LogP contribution in [0.2, 0.25) is 0 Å². The molecule has 0 saturated heterocycles. The van der Waals surface area contributed by atoms with Gasteiger partial charge in [0, 0.05) is 31.6 Å². The highest BCUT2D eigenvalue weighted by Crippen LogP contribution is 2.13. The first-order chi connectivity index (χ1) is 8.27. The van der Waals surface area contributed by atoms with Gasteiger partial charge in [0.15, 0.2) is 0 Å². The van der Waals surface area contributed by atoms with Crippen molar-refractivity contribution in [3.63, 3.8) is 0 Å². The molecule has 1 aromatic rings. The van der Waals surface area contributed by atoms with Gasteiger partial charge in [-0.25, -0.2) is 0 Å². The molecular formula is C14H24N2O. The first-order valence-corrected chi connectivity index (χ1v) is 6.34. The fourth-order valence-corrected chi connectivity index (χ4v) is 2.07. The van der Waals surface area contributed by atoms with Crippen LogP contribution in [0.4, 0.5) is 0 Å². The molecule has 0 aliphatic rings. The Morgan fingerprint density at radius 2 is 2.18 bits per heavy atom. The minimum absolute atomic E-state index is 0.534. The van der Waals surface area contributed by atoms with E-state index in [0.29, 0.717) is 12.0 Å². The fourth-order valence-electron chi connectivity index (χ4n) is 2.07. The highest BCUT2D eigenvalue weighted by atomic mass is 16.5. The molecule has 17 heavy (non-hydrogen) atoms. The highest BCUT2D eigenvalue weighted by Gasteiger charge is 2.15. The lowest BCUT2D eigenvalue weighted by Crippen LogP contribution is -2.33. The second kappa shape index (κ2) is 8.20. The van der Waals surface area contributed by atoms with Crippen LogP contribution in [0.15, 0.2) is 24.4 Å². The Morgan fingerprint density at radius 3 is 2.76 bits per heavy atom. The molecule has 1 aromatic heterocycles. The summed E-state index contributed by atoms with van der Waals surface area (Å²) < 4.78 is 5.13. The largest absolute Gasteiger partial charge is 0.385 e. The molecule has 96 valence electrons. The number of pyridine rings is 1. The van der Waals surface area contributed by atoms with Crippen molar-refractivity contribution in [2.45, 2.75) is 32.2 Å². The molecule has 1 N–H and O–H groups in total. The zero-order valence-corrected chi connectivity index (χ0v) is 11.1. The summed E-state index contributed by atoms with van der Waals surface area (Å²) in [7, 11) is 3.79. The number of methoxy groups -OCH3 is 1. The van der Waals surface area contributed by atoms with Crippen molar-refractivity contribution in [3.8, 4) is 0 Å². The number of ether oxygens (including phenoxy) is 1. The Morgan fingerprint density at radius 1 is 1.35 bits per heavy atom. The molecule has 0 fully saturated rings. The van der Waals surface area contributed by atoms with Gasteiger partial charge in [0.2, 0.25) is 0 Å². The van der Waals surface area contributed by atoms with Gasteiger partial charge in [-0.3, -0.25) is 4.98 Å². The van der Waals surface area contributed by atoms with E-state index in [0.717, 1.165) is 25.9 Å². The Hall–Kier alpha value is -0.930. The smallest absolute Gasteiger partial charge is 0.0465 e. The maximum Gasteiger partial charge on any atom is 0.0465 e. The van der Waals surface area contributed by atoms with Gasteiger partial charge in [-0.05, 0) is 44.4 Å². The molecule has 3 heteroatoms. The molecular weight excluding hydrogens is 212 g/mol. The van der Waals surface area contributed by atoms with Crippen molar-refractivity contribution in [1.29, 1.82) is 0 Å². The normalized spacial score (nSPS) is 14.5. The lowest BCUT2D eigenvalue weighted by Gasteiger charge is -2.23. The Bertz CT molecular complexity index is 290. The third-order valence-corrected chi connectivity index (χ3v) is 3.27. The monoisotopic (exact) mass is 236 g/mol. The van der Waals surface area contributed by atoms with E-state index < -0.39 is 0 Å². The van der Waals surface area contributed by atoms with Crippen LogP contribution in [0.25, 0.3) is 0 Å². The van der Waals surface area contributed by atoms with E-state index in [1.54, 1.807) is 7.11 Å². The van der Waals surface area contributed by atoms with Crippen LogP contribution in [-0.4, -0.2) is 31.8 Å². The zero-order chi connectivity index (χ0) is 12.5. The van der Waals surface area contributed by atoms with Crippen LogP contribution < -0.4 is 5.32 Å². The fraction of sp³-hybridized carbons (Fsp3) is 0.643. The van der Waals surface area contributed by atoms with E-state index in [1.165, 1.54) is 5.69 Å². The molecule has 0 spiro atoms. The third kappa shape index (κ3) is 5.29. The second-order valence-corrected chi connectivity index (χ2v) is 4.51. The van der Waals surface area contributed by atoms with Gasteiger partial charge < -0.3 is 10.1 Å². The Balaban J connectivity index is 2.36. The van der Waals surface area contributed by atoms with E-state index in [-0.39, 0.29) is 0 Å². The van der Waals surface area contributed by atoms with Crippen molar-refractivity contribution < 1.29 is 4.74 Å². The van der Waals surface area contributed by atoms with E-state index >= 15 is 0 Å². The molecule has 0 aliphatic heterocycles. The number of aromatic nitrogens is 1. The number of aryl methyl sites for hydroxylation is 1. The summed E-state index contributed by atoms with van der Waals surface area (Å²) >= 11 is 0. The zero-order valence-electron chi connectivity index (χ0n) is 11.1. The first-order valence-electron chi connectivity index (χ1n) is 6.34. The van der Waals surface area contributed by atoms with Gasteiger partial charge in [0.05, 0.1) is 0 Å². The minimum Gasteiger partial charge on any atom is -0.385 e.